The summed E-state index contributed by atoms with van der Waals surface area (Å²) in [6, 6.07) is 11.8. The molecule has 0 unspecified atom stereocenters. The quantitative estimate of drug-likeness (QED) is 0.294. The van der Waals surface area contributed by atoms with Gasteiger partial charge in [0.1, 0.15) is 5.82 Å². The van der Waals surface area contributed by atoms with E-state index in [1.807, 2.05) is 0 Å². The molecule has 0 bridgehead atoms. The zero-order chi connectivity index (χ0) is 24.6. The van der Waals surface area contributed by atoms with Crippen molar-refractivity contribution < 1.29 is 22.7 Å². The van der Waals surface area contributed by atoms with Gasteiger partial charge >= 0.3 is 0 Å². The molecule has 0 fully saturated rings. The second-order valence-corrected chi connectivity index (χ2v) is 9.59. The van der Waals surface area contributed by atoms with Gasteiger partial charge in [0.15, 0.2) is 5.84 Å². The number of nitrogens with one attached hydrogen (secondary N) is 2. The Morgan fingerprint density at radius 1 is 1.21 bits per heavy atom. The standard InChI is InChI=1S/C23H27FN4O4S/c1-16(13-26-21(25-4)18-8-6-9-19(24)12-18)22(30)27-14-17-7-5-10-20(11-17)33(31,32)28-23(2,3)15-29/h5-13,28-29H,4,14-15H2,1-3H3,(H,27,30)/b16-13+,26-21?. The Morgan fingerprint density at radius 3 is 2.55 bits per heavy atom. The third kappa shape index (κ3) is 7.70. The highest BCUT2D eigenvalue weighted by Crippen LogP contribution is 2.15. The number of benzene rings is 2. The van der Waals surface area contributed by atoms with E-state index in [0.29, 0.717) is 11.1 Å². The van der Waals surface area contributed by atoms with Crippen molar-refractivity contribution in [3.05, 3.63) is 77.2 Å². The maximum Gasteiger partial charge on any atom is 0.248 e. The van der Waals surface area contributed by atoms with Gasteiger partial charge in [-0.15, -0.1) is 0 Å². The van der Waals surface area contributed by atoms with Crippen LogP contribution in [0.25, 0.3) is 0 Å². The van der Waals surface area contributed by atoms with Crippen LogP contribution in [-0.2, 0) is 21.4 Å². The van der Waals surface area contributed by atoms with Crippen molar-refractivity contribution in [3.63, 3.8) is 0 Å². The lowest BCUT2D eigenvalue weighted by Crippen LogP contribution is -2.46. The van der Waals surface area contributed by atoms with Gasteiger partial charge in [-0.1, -0.05) is 24.3 Å². The molecule has 33 heavy (non-hydrogen) atoms. The van der Waals surface area contributed by atoms with Crippen molar-refractivity contribution >= 4 is 28.5 Å². The van der Waals surface area contributed by atoms with Crippen molar-refractivity contribution in [2.45, 2.75) is 37.8 Å². The van der Waals surface area contributed by atoms with Gasteiger partial charge < -0.3 is 10.4 Å². The van der Waals surface area contributed by atoms with E-state index in [2.05, 4.69) is 26.7 Å². The molecule has 0 saturated heterocycles. The number of carbonyl (C=O) groups excluding carboxylic acids is 1. The number of sulfonamides is 1. The molecule has 2 aromatic rings. The van der Waals surface area contributed by atoms with Crippen LogP contribution in [0.2, 0.25) is 0 Å². The van der Waals surface area contributed by atoms with E-state index in [1.165, 1.54) is 36.5 Å². The lowest BCUT2D eigenvalue weighted by atomic mass is 10.1. The van der Waals surface area contributed by atoms with Crippen molar-refractivity contribution in [1.29, 1.82) is 0 Å². The second kappa shape index (κ2) is 11.1. The predicted octanol–water partition coefficient (Wildman–Crippen LogP) is 2.54. The Morgan fingerprint density at radius 2 is 1.91 bits per heavy atom. The van der Waals surface area contributed by atoms with Gasteiger partial charge in [0.25, 0.3) is 0 Å². The molecule has 1 amide bonds. The van der Waals surface area contributed by atoms with E-state index in [4.69, 9.17) is 0 Å². The fourth-order valence-electron chi connectivity index (χ4n) is 2.65. The van der Waals surface area contributed by atoms with Gasteiger partial charge in [0, 0.05) is 23.9 Å². The summed E-state index contributed by atoms with van der Waals surface area (Å²) >= 11 is 0. The third-order valence-electron chi connectivity index (χ3n) is 4.44. The topological polar surface area (TPSA) is 120 Å². The second-order valence-electron chi connectivity index (χ2n) is 7.91. The fraction of sp³-hybridized carbons (Fsp3) is 0.261. The molecule has 8 nitrogen and oxygen atoms in total. The minimum atomic E-state index is -3.85. The number of amides is 1. The first-order valence-electron chi connectivity index (χ1n) is 9.96. The number of nitrogens with zero attached hydrogens (tertiary/aromatic N) is 2. The van der Waals surface area contributed by atoms with Gasteiger partial charge in [-0.3, -0.25) is 4.79 Å². The Hall–Kier alpha value is -3.21. The molecule has 0 aliphatic heterocycles. The number of hydrogen-bond acceptors (Lipinski definition) is 5. The molecule has 0 saturated carbocycles. The molecule has 0 aliphatic rings. The zero-order valence-electron chi connectivity index (χ0n) is 18.7. The lowest BCUT2D eigenvalue weighted by molar-refractivity contribution is -0.117. The van der Waals surface area contributed by atoms with Crippen molar-refractivity contribution in [2.24, 2.45) is 9.98 Å². The molecule has 0 radical (unpaired) electrons. The number of halogens is 1. The Balaban J connectivity index is 2.09. The first-order valence-corrected chi connectivity index (χ1v) is 11.4. The van der Waals surface area contributed by atoms with E-state index in [9.17, 15) is 22.7 Å². The van der Waals surface area contributed by atoms with Crippen molar-refractivity contribution in [2.75, 3.05) is 6.61 Å². The predicted molar refractivity (Wildman–Crippen MR) is 126 cm³/mol. The molecule has 0 atom stereocenters. The Labute approximate surface area is 193 Å². The van der Waals surface area contributed by atoms with Crippen LogP contribution in [0.4, 0.5) is 4.39 Å². The summed E-state index contributed by atoms with van der Waals surface area (Å²) in [5.74, 6) is -0.700. The van der Waals surface area contributed by atoms with Gasteiger partial charge in [-0.05, 0) is 57.3 Å². The summed E-state index contributed by atoms with van der Waals surface area (Å²) in [7, 11) is -3.85. The molecule has 10 heteroatoms. The highest BCUT2D eigenvalue weighted by atomic mass is 32.2. The van der Waals surface area contributed by atoms with E-state index >= 15 is 0 Å². The molecular weight excluding hydrogens is 447 g/mol. The third-order valence-corrected chi connectivity index (χ3v) is 6.13. The summed E-state index contributed by atoms with van der Waals surface area (Å²) < 4.78 is 40.9. The summed E-state index contributed by atoms with van der Waals surface area (Å²) in [6.45, 7) is 7.81. The Kier molecular flexibility index (Phi) is 8.75. The number of amidine groups is 1. The highest BCUT2D eigenvalue weighted by molar-refractivity contribution is 7.89. The average Bonchev–Trinajstić information content (AvgIpc) is 2.77. The zero-order valence-corrected chi connectivity index (χ0v) is 19.5. The summed E-state index contributed by atoms with van der Waals surface area (Å²) in [5.41, 5.74) is 0.238. The van der Waals surface area contributed by atoms with Crippen LogP contribution in [0, 0.1) is 5.82 Å². The maximum atomic E-state index is 13.4. The monoisotopic (exact) mass is 474 g/mol. The molecular formula is C23H27FN4O4S. The van der Waals surface area contributed by atoms with Crippen LogP contribution >= 0.6 is 0 Å². The van der Waals surface area contributed by atoms with E-state index < -0.39 is 27.3 Å². The van der Waals surface area contributed by atoms with Gasteiger partial charge in [-0.2, -0.15) is 0 Å². The van der Waals surface area contributed by atoms with Crippen molar-refractivity contribution in [3.8, 4) is 0 Å². The number of hydrogen-bond donors (Lipinski definition) is 3. The molecule has 3 N–H and O–H groups in total. The fourth-order valence-corrected chi connectivity index (χ4v) is 4.12. The Bertz CT molecular complexity index is 1190. The van der Waals surface area contributed by atoms with E-state index in [-0.39, 0.29) is 29.5 Å². The summed E-state index contributed by atoms with van der Waals surface area (Å²) in [4.78, 5) is 20.3. The SMILES string of the molecule is C=NC(=N/C=C(\C)C(=O)NCc1cccc(S(=O)(=O)NC(C)(C)CO)c1)c1cccc(F)c1. The lowest BCUT2D eigenvalue weighted by Gasteiger charge is -2.23. The largest absolute Gasteiger partial charge is 0.394 e. The smallest absolute Gasteiger partial charge is 0.248 e. The van der Waals surface area contributed by atoms with Crippen LogP contribution in [0.5, 0.6) is 0 Å². The molecule has 176 valence electrons. The minimum Gasteiger partial charge on any atom is -0.394 e. The van der Waals surface area contributed by atoms with Crippen LogP contribution in [-0.4, -0.2) is 44.1 Å². The van der Waals surface area contributed by atoms with E-state index in [0.717, 1.165) is 0 Å². The molecule has 0 aliphatic carbocycles. The average molecular weight is 475 g/mol. The number of aliphatic hydroxyl groups excluding tert-OH is 1. The van der Waals surface area contributed by atoms with Crippen LogP contribution < -0.4 is 10.0 Å². The molecule has 0 heterocycles. The van der Waals surface area contributed by atoms with Gasteiger partial charge in [-0.25, -0.2) is 27.5 Å². The number of rotatable bonds is 9. The van der Waals surface area contributed by atoms with Gasteiger partial charge in [0.2, 0.25) is 15.9 Å². The number of aliphatic hydroxyl groups is 1. The van der Waals surface area contributed by atoms with E-state index in [1.54, 1.807) is 39.0 Å². The number of aliphatic imine (C=N–C) groups is 2. The first kappa shape index (κ1) is 26.0. The van der Waals surface area contributed by atoms with Crippen LogP contribution in [0.3, 0.4) is 0 Å². The van der Waals surface area contributed by atoms with Gasteiger partial charge in [0.05, 0.1) is 17.0 Å². The van der Waals surface area contributed by atoms with Crippen LogP contribution in [0.1, 0.15) is 31.9 Å². The van der Waals surface area contributed by atoms with Crippen molar-refractivity contribution in [1.82, 2.24) is 10.0 Å². The summed E-state index contributed by atoms with van der Waals surface area (Å²) in [5, 5.41) is 12.0. The minimum absolute atomic E-state index is 0.0180. The molecule has 0 aromatic heterocycles. The normalized spacial score (nSPS) is 13.0. The first-order chi connectivity index (χ1) is 15.5. The number of carbonyl (C=O) groups is 1. The summed E-state index contributed by atoms with van der Waals surface area (Å²) in [6.07, 6.45) is 1.30. The maximum absolute atomic E-state index is 13.4. The molecule has 2 aromatic carbocycles. The molecule has 0 spiro atoms. The molecule has 2 rings (SSSR count). The highest BCUT2D eigenvalue weighted by Gasteiger charge is 2.25. The van der Waals surface area contributed by atoms with Crippen LogP contribution in [0.15, 0.2) is 75.2 Å².